The largest absolute Gasteiger partial charge is 0.321 e. The number of carbonyl (C=O) groups excluding carboxylic acids is 1. The number of nitrogens with one attached hydrogen (secondary N) is 1. The Balaban J connectivity index is 1.78. The van der Waals surface area contributed by atoms with Crippen LogP contribution in [0.1, 0.15) is 16.1 Å². The molecule has 1 N–H and O–H groups in total. The lowest BCUT2D eigenvalue weighted by Gasteiger charge is -2.05. The molecule has 110 valence electrons. The first-order valence-electron chi connectivity index (χ1n) is 6.58. The topological polar surface area (TPSA) is 54.9 Å². The molecule has 22 heavy (non-hydrogen) atoms. The monoisotopic (exact) mass is 373 g/mol. The third-order valence-corrected chi connectivity index (χ3v) is 4.79. The molecule has 0 atom stereocenters. The molecule has 3 aromatic rings. The van der Waals surface area contributed by atoms with E-state index < -0.39 is 0 Å². The Hall–Kier alpha value is -2.05. The molecule has 2 heterocycles. The molecule has 3 rings (SSSR count). The van der Waals surface area contributed by atoms with Crippen LogP contribution in [-0.4, -0.2) is 15.9 Å². The van der Waals surface area contributed by atoms with Crippen LogP contribution in [0.15, 0.2) is 52.4 Å². The number of hydrogen-bond donors (Lipinski definition) is 1. The molecule has 1 amide bonds. The van der Waals surface area contributed by atoms with Crippen LogP contribution in [0.2, 0.25) is 0 Å². The number of rotatable bonds is 3. The zero-order chi connectivity index (χ0) is 15.5. The summed E-state index contributed by atoms with van der Waals surface area (Å²) in [7, 11) is 0. The molecule has 0 radical (unpaired) electrons. The molecule has 0 spiro atoms. The van der Waals surface area contributed by atoms with Gasteiger partial charge in [0.1, 0.15) is 10.7 Å². The maximum Gasteiger partial charge on any atom is 0.275 e. The number of carbonyl (C=O) groups is 1. The maximum atomic E-state index is 12.3. The molecule has 1 aromatic carbocycles. The minimum atomic E-state index is -0.222. The second kappa shape index (κ2) is 6.37. The third-order valence-electron chi connectivity index (χ3n) is 3.04. The minimum absolute atomic E-state index is 0.222. The summed E-state index contributed by atoms with van der Waals surface area (Å²) in [6.07, 6.45) is 1.71. The first-order chi connectivity index (χ1) is 10.6. The summed E-state index contributed by atoms with van der Waals surface area (Å²) in [6.45, 7) is 1.97. The number of aryl methyl sites for hydroxylation is 1. The summed E-state index contributed by atoms with van der Waals surface area (Å²) in [6, 6.07) is 11.3. The minimum Gasteiger partial charge on any atom is -0.321 e. The van der Waals surface area contributed by atoms with Crippen molar-refractivity contribution in [2.75, 3.05) is 5.32 Å². The van der Waals surface area contributed by atoms with Gasteiger partial charge in [-0.3, -0.25) is 9.78 Å². The summed E-state index contributed by atoms with van der Waals surface area (Å²) in [5.74, 6) is -0.222. The Labute approximate surface area is 140 Å². The SMILES string of the molecule is Cc1cc(NC(=O)c2csc(-c3ccccn3)n2)ccc1Br. The molecular formula is C16H12BrN3OS. The molecule has 0 aliphatic heterocycles. The first-order valence-corrected chi connectivity index (χ1v) is 8.25. The Morgan fingerprint density at radius 3 is 2.86 bits per heavy atom. The van der Waals surface area contributed by atoms with E-state index in [4.69, 9.17) is 0 Å². The number of anilines is 1. The van der Waals surface area contributed by atoms with Crippen molar-refractivity contribution in [2.45, 2.75) is 6.92 Å². The number of aromatic nitrogens is 2. The predicted octanol–water partition coefficient (Wildman–Crippen LogP) is 4.53. The second-order valence-electron chi connectivity index (χ2n) is 4.67. The van der Waals surface area contributed by atoms with Gasteiger partial charge in [-0.2, -0.15) is 0 Å². The Morgan fingerprint density at radius 1 is 1.27 bits per heavy atom. The van der Waals surface area contributed by atoms with Gasteiger partial charge < -0.3 is 5.32 Å². The van der Waals surface area contributed by atoms with Crippen LogP contribution in [0.3, 0.4) is 0 Å². The fraction of sp³-hybridized carbons (Fsp3) is 0.0625. The van der Waals surface area contributed by atoms with Crippen molar-refractivity contribution >= 4 is 38.9 Å². The van der Waals surface area contributed by atoms with E-state index >= 15 is 0 Å². The molecule has 0 aliphatic rings. The number of hydrogen-bond acceptors (Lipinski definition) is 4. The zero-order valence-electron chi connectivity index (χ0n) is 11.7. The van der Waals surface area contributed by atoms with Crippen molar-refractivity contribution < 1.29 is 4.79 Å². The van der Waals surface area contributed by atoms with Crippen LogP contribution in [-0.2, 0) is 0 Å². The molecule has 6 heteroatoms. The molecule has 0 fully saturated rings. The molecule has 2 aromatic heterocycles. The Morgan fingerprint density at radius 2 is 2.14 bits per heavy atom. The van der Waals surface area contributed by atoms with Crippen LogP contribution >= 0.6 is 27.3 Å². The Kier molecular flexibility index (Phi) is 4.31. The second-order valence-corrected chi connectivity index (χ2v) is 6.38. The van der Waals surface area contributed by atoms with Crippen LogP contribution < -0.4 is 5.32 Å². The summed E-state index contributed by atoms with van der Waals surface area (Å²) < 4.78 is 1.01. The van der Waals surface area contributed by atoms with Gasteiger partial charge in [-0.25, -0.2) is 4.98 Å². The highest BCUT2D eigenvalue weighted by Crippen LogP contribution is 2.23. The van der Waals surface area contributed by atoms with Crippen LogP contribution in [0.25, 0.3) is 10.7 Å². The van der Waals surface area contributed by atoms with Crippen LogP contribution in [0.4, 0.5) is 5.69 Å². The molecule has 0 saturated carbocycles. The van der Waals surface area contributed by atoms with Gasteiger partial charge in [0.15, 0.2) is 0 Å². The summed E-state index contributed by atoms with van der Waals surface area (Å²) in [4.78, 5) is 20.8. The lowest BCUT2D eigenvalue weighted by Crippen LogP contribution is -2.12. The molecular weight excluding hydrogens is 362 g/mol. The average molecular weight is 374 g/mol. The van der Waals surface area contributed by atoms with Gasteiger partial charge in [0.25, 0.3) is 5.91 Å². The van der Waals surface area contributed by atoms with E-state index in [1.165, 1.54) is 11.3 Å². The van der Waals surface area contributed by atoms with Gasteiger partial charge in [-0.15, -0.1) is 11.3 Å². The molecule has 4 nitrogen and oxygen atoms in total. The van der Waals surface area contributed by atoms with Gasteiger partial charge in [-0.05, 0) is 42.8 Å². The highest BCUT2D eigenvalue weighted by molar-refractivity contribution is 9.10. The first kappa shape index (κ1) is 14.9. The van der Waals surface area contributed by atoms with E-state index in [2.05, 4.69) is 31.2 Å². The molecule has 0 bridgehead atoms. The highest BCUT2D eigenvalue weighted by Gasteiger charge is 2.13. The van der Waals surface area contributed by atoms with Crippen LogP contribution in [0, 0.1) is 6.92 Å². The Bertz CT molecular complexity index is 817. The van der Waals surface area contributed by atoms with Crippen molar-refractivity contribution in [3.63, 3.8) is 0 Å². The van der Waals surface area contributed by atoms with Gasteiger partial charge in [0.2, 0.25) is 0 Å². The quantitative estimate of drug-likeness (QED) is 0.733. The highest BCUT2D eigenvalue weighted by atomic mass is 79.9. The van der Waals surface area contributed by atoms with E-state index in [0.29, 0.717) is 5.69 Å². The molecule has 0 aliphatic carbocycles. The lowest BCUT2D eigenvalue weighted by atomic mass is 10.2. The number of thiazole rings is 1. The number of halogens is 1. The van der Waals surface area contributed by atoms with Crippen LogP contribution in [0.5, 0.6) is 0 Å². The number of amides is 1. The van der Waals surface area contributed by atoms with Gasteiger partial charge in [0, 0.05) is 21.7 Å². The van der Waals surface area contributed by atoms with Crippen molar-refractivity contribution in [3.8, 4) is 10.7 Å². The smallest absolute Gasteiger partial charge is 0.275 e. The van der Waals surface area contributed by atoms with E-state index in [9.17, 15) is 4.79 Å². The van der Waals surface area contributed by atoms with E-state index in [1.807, 2.05) is 43.3 Å². The lowest BCUT2D eigenvalue weighted by molar-refractivity contribution is 0.102. The zero-order valence-corrected chi connectivity index (χ0v) is 14.1. The van der Waals surface area contributed by atoms with E-state index in [-0.39, 0.29) is 5.91 Å². The van der Waals surface area contributed by atoms with Crippen molar-refractivity contribution in [2.24, 2.45) is 0 Å². The van der Waals surface area contributed by atoms with E-state index in [1.54, 1.807) is 11.6 Å². The molecule has 0 unspecified atom stereocenters. The number of nitrogens with zero attached hydrogens (tertiary/aromatic N) is 2. The predicted molar refractivity (Wildman–Crippen MR) is 92.2 cm³/mol. The fourth-order valence-corrected chi connectivity index (χ4v) is 2.92. The van der Waals surface area contributed by atoms with Gasteiger partial charge >= 0.3 is 0 Å². The number of benzene rings is 1. The summed E-state index contributed by atoms with van der Waals surface area (Å²) in [5.41, 5.74) is 2.97. The van der Waals surface area contributed by atoms with Gasteiger partial charge in [-0.1, -0.05) is 22.0 Å². The summed E-state index contributed by atoms with van der Waals surface area (Å²) >= 11 is 4.84. The van der Waals surface area contributed by atoms with Crippen molar-refractivity contribution in [1.82, 2.24) is 9.97 Å². The summed E-state index contributed by atoms with van der Waals surface area (Å²) in [5, 5.41) is 5.33. The van der Waals surface area contributed by atoms with Crippen molar-refractivity contribution in [3.05, 3.63) is 63.7 Å². The van der Waals surface area contributed by atoms with Gasteiger partial charge in [0.05, 0.1) is 5.69 Å². The number of pyridine rings is 1. The molecule has 0 saturated heterocycles. The average Bonchev–Trinajstić information content (AvgIpc) is 3.02. The van der Waals surface area contributed by atoms with Crippen molar-refractivity contribution in [1.29, 1.82) is 0 Å². The fourth-order valence-electron chi connectivity index (χ4n) is 1.90. The third kappa shape index (κ3) is 3.23. The standard InChI is InChI=1S/C16H12BrN3OS/c1-10-8-11(5-6-12(10)17)19-15(21)14-9-22-16(20-14)13-4-2-3-7-18-13/h2-9H,1H3,(H,19,21). The maximum absolute atomic E-state index is 12.3. The normalized spacial score (nSPS) is 10.5. The van der Waals surface area contributed by atoms with E-state index in [0.717, 1.165) is 26.4 Å².